The van der Waals surface area contributed by atoms with E-state index in [4.69, 9.17) is 9.47 Å². The second-order valence-electron chi connectivity index (χ2n) is 6.56. The number of nitrogens with one attached hydrogen (secondary N) is 1. The summed E-state index contributed by atoms with van der Waals surface area (Å²) in [5.74, 6) is 1.19. The molecule has 30 heavy (non-hydrogen) atoms. The largest absolute Gasteiger partial charge is 0.494 e. The Kier molecular flexibility index (Phi) is 8.03. The summed E-state index contributed by atoms with van der Waals surface area (Å²) < 4.78 is 12.4. The molecule has 0 saturated carbocycles. The summed E-state index contributed by atoms with van der Waals surface area (Å²) in [5.41, 5.74) is 4.95. The van der Waals surface area contributed by atoms with Crippen molar-refractivity contribution in [2.45, 2.75) is 20.0 Å². The van der Waals surface area contributed by atoms with Gasteiger partial charge in [-0.25, -0.2) is 5.43 Å². The number of carbonyl (C=O) groups excluding carboxylic acids is 1. The molecule has 0 saturated heterocycles. The van der Waals surface area contributed by atoms with E-state index < -0.39 is 0 Å². The maximum Gasteiger partial charge on any atom is 0.271 e. The summed E-state index contributed by atoms with van der Waals surface area (Å²) in [7, 11) is 0. The molecule has 0 radical (unpaired) electrons. The molecular weight excluding hydrogens is 444 g/mol. The van der Waals surface area contributed by atoms with Crippen molar-refractivity contribution in [3.8, 4) is 11.5 Å². The Morgan fingerprint density at radius 3 is 2.57 bits per heavy atom. The van der Waals surface area contributed by atoms with Crippen LogP contribution in [-0.4, -0.2) is 18.7 Å². The van der Waals surface area contributed by atoms with Crippen molar-refractivity contribution in [2.24, 2.45) is 5.10 Å². The molecule has 3 aromatic carbocycles. The summed E-state index contributed by atoms with van der Waals surface area (Å²) in [6.07, 6.45) is 2.52. The first-order chi connectivity index (χ1) is 14.6. The molecule has 1 amide bonds. The second-order valence-corrected chi connectivity index (χ2v) is 7.48. The summed E-state index contributed by atoms with van der Waals surface area (Å²) >= 11 is 3.46. The number of benzene rings is 3. The minimum Gasteiger partial charge on any atom is -0.494 e. The van der Waals surface area contributed by atoms with Gasteiger partial charge in [0.1, 0.15) is 18.1 Å². The van der Waals surface area contributed by atoms with Gasteiger partial charge in [-0.2, -0.15) is 5.10 Å². The highest BCUT2D eigenvalue weighted by Gasteiger charge is 2.04. The van der Waals surface area contributed by atoms with Crippen LogP contribution in [0.4, 0.5) is 0 Å². The van der Waals surface area contributed by atoms with Crippen molar-refractivity contribution in [3.05, 3.63) is 94.0 Å². The number of nitrogens with zero attached hydrogens (tertiary/aromatic N) is 1. The summed E-state index contributed by atoms with van der Waals surface area (Å²) in [4.78, 5) is 12.2. The molecule has 0 bridgehead atoms. The first-order valence-electron chi connectivity index (χ1n) is 9.67. The van der Waals surface area contributed by atoms with Gasteiger partial charge in [-0.05, 0) is 66.1 Å². The zero-order valence-corrected chi connectivity index (χ0v) is 18.3. The van der Waals surface area contributed by atoms with Crippen LogP contribution in [0.3, 0.4) is 0 Å². The lowest BCUT2D eigenvalue weighted by atomic mass is 10.2. The Bertz CT molecular complexity index is 1000. The highest BCUT2D eigenvalue weighted by atomic mass is 79.9. The zero-order chi connectivity index (χ0) is 21.2. The lowest BCUT2D eigenvalue weighted by Gasteiger charge is -2.07. The van der Waals surface area contributed by atoms with Crippen LogP contribution in [0.5, 0.6) is 11.5 Å². The van der Waals surface area contributed by atoms with Gasteiger partial charge in [-0.3, -0.25) is 4.79 Å². The van der Waals surface area contributed by atoms with Gasteiger partial charge in [0.15, 0.2) is 0 Å². The fourth-order valence-electron chi connectivity index (χ4n) is 2.63. The smallest absolute Gasteiger partial charge is 0.271 e. The first-order valence-corrected chi connectivity index (χ1v) is 10.5. The predicted octanol–water partition coefficient (Wildman–Crippen LogP) is 5.58. The Hall–Kier alpha value is -3.12. The van der Waals surface area contributed by atoms with Gasteiger partial charge in [-0.1, -0.05) is 47.1 Å². The fraction of sp³-hybridized carbons (Fsp3) is 0.167. The molecule has 0 spiro atoms. The van der Waals surface area contributed by atoms with E-state index in [1.54, 1.807) is 30.5 Å². The van der Waals surface area contributed by atoms with E-state index in [2.05, 4.69) is 26.5 Å². The SMILES string of the molecule is CCCOc1ccc(C(=O)N/N=C\c2cccc(OCc3cccc(Br)c3)c2)cc1. The van der Waals surface area contributed by atoms with Crippen LogP contribution in [0, 0.1) is 0 Å². The molecule has 3 rings (SSSR count). The average Bonchev–Trinajstić information content (AvgIpc) is 2.77. The molecule has 6 heteroatoms. The van der Waals surface area contributed by atoms with Crippen LogP contribution in [-0.2, 0) is 6.61 Å². The third-order valence-electron chi connectivity index (χ3n) is 4.12. The molecule has 0 atom stereocenters. The van der Waals surface area contributed by atoms with Crippen LogP contribution in [0.2, 0.25) is 0 Å². The quantitative estimate of drug-likeness (QED) is 0.330. The van der Waals surface area contributed by atoms with Crippen molar-refractivity contribution in [3.63, 3.8) is 0 Å². The van der Waals surface area contributed by atoms with E-state index >= 15 is 0 Å². The molecule has 0 aliphatic rings. The molecule has 3 aromatic rings. The topological polar surface area (TPSA) is 59.9 Å². The summed E-state index contributed by atoms with van der Waals surface area (Å²) in [6, 6.07) is 22.5. The molecule has 0 aliphatic heterocycles. The third-order valence-corrected chi connectivity index (χ3v) is 4.61. The number of hydrazone groups is 1. The lowest BCUT2D eigenvalue weighted by Crippen LogP contribution is -2.17. The molecule has 0 fully saturated rings. The third kappa shape index (κ3) is 6.74. The lowest BCUT2D eigenvalue weighted by molar-refractivity contribution is 0.0955. The number of ether oxygens (including phenoxy) is 2. The van der Waals surface area contributed by atoms with Crippen molar-refractivity contribution in [2.75, 3.05) is 6.61 Å². The van der Waals surface area contributed by atoms with Gasteiger partial charge in [0, 0.05) is 10.0 Å². The van der Waals surface area contributed by atoms with Crippen molar-refractivity contribution < 1.29 is 14.3 Å². The highest BCUT2D eigenvalue weighted by Crippen LogP contribution is 2.17. The zero-order valence-electron chi connectivity index (χ0n) is 16.7. The Balaban J connectivity index is 1.53. The highest BCUT2D eigenvalue weighted by molar-refractivity contribution is 9.10. The van der Waals surface area contributed by atoms with Gasteiger partial charge < -0.3 is 9.47 Å². The monoisotopic (exact) mass is 466 g/mol. The van der Waals surface area contributed by atoms with Crippen molar-refractivity contribution in [1.82, 2.24) is 5.43 Å². The number of hydrogen-bond donors (Lipinski definition) is 1. The van der Waals surface area contributed by atoms with Gasteiger partial charge in [-0.15, -0.1) is 0 Å². The van der Waals surface area contributed by atoms with Gasteiger partial charge >= 0.3 is 0 Å². The summed E-state index contributed by atoms with van der Waals surface area (Å²) in [5, 5.41) is 4.04. The molecule has 0 aliphatic carbocycles. The van der Waals surface area contributed by atoms with Crippen molar-refractivity contribution >= 4 is 28.1 Å². The van der Waals surface area contributed by atoms with E-state index in [1.807, 2.05) is 55.5 Å². The van der Waals surface area contributed by atoms with Crippen LogP contribution in [0.1, 0.15) is 34.8 Å². The number of rotatable bonds is 9. The second kappa shape index (κ2) is 11.2. The van der Waals surface area contributed by atoms with Crippen LogP contribution < -0.4 is 14.9 Å². The number of carbonyl (C=O) groups is 1. The van der Waals surface area contributed by atoms with E-state index in [0.717, 1.165) is 33.5 Å². The number of amides is 1. The number of hydrogen-bond acceptors (Lipinski definition) is 4. The maximum absolute atomic E-state index is 12.2. The first kappa shape index (κ1) is 21.6. The fourth-order valence-corrected chi connectivity index (χ4v) is 3.08. The van der Waals surface area contributed by atoms with E-state index in [1.165, 1.54) is 0 Å². The Morgan fingerprint density at radius 1 is 1.00 bits per heavy atom. The average molecular weight is 467 g/mol. The van der Waals surface area contributed by atoms with E-state index in [-0.39, 0.29) is 5.91 Å². The molecular formula is C24H23BrN2O3. The molecule has 0 unspecified atom stereocenters. The minimum absolute atomic E-state index is 0.282. The summed E-state index contributed by atoms with van der Waals surface area (Å²) in [6.45, 7) is 3.17. The van der Waals surface area contributed by atoms with Crippen LogP contribution in [0.15, 0.2) is 82.4 Å². The maximum atomic E-state index is 12.2. The van der Waals surface area contributed by atoms with Gasteiger partial charge in [0.05, 0.1) is 12.8 Å². The van der Waals surface area contributed by atoms with Crippen LogP contribution >= 0.6 is 15.9 Å². The molecule has 5 nitrogen and oxygen atoms in total. The standard InChI is InChI=1S/C24H23BrN2O3/c1-2-13-29-22-11-9-20(10-12-22)24(28)27-26-16-18-5-4-8-23(15-18)30-17-19-6-3-7-21(25)14-19/h3-12,14-16H,2,13,17H2,1H3,(H,27,28)/b26-16-. The Labute approximate surface area is 184 Å². The molecule has 0 aromatic heterocycles. The van der Waals surface area contributed by atoms with E-state index in [9.17, 15) is 4.79 Å². The minimum atomic E-state index is -0.282. The Morgan fingerprint density at radius 2 is 1.80 bits per heavy atom. The van der Waals surface area contributed by atoms with Crippen molar-refractivity contribution in [1.29, 1.82) is 0 Å². The van der Waals surface area contributed by atoms with Crippen LogP contribution in [0.25, 0.3) is 0 Å². The molecule has 0 heterocycles. The van der Waals surface area contributed by atoms with E-state index in [0.29, 0.717) is 18.8 Å². The van der Waals surface area contributed by atoms with Gasteiger partial charge in [0.25, 0.3) is 5.91 Å². The predicted molar refractivity (Wildman–Crippen MR) is 122 cm³/mol. The number of halogens is 1. The van der Waals surface area contributed by atoms with Gasteiger partial charge in [0.2, 0.25) is 0 Å². The molecule has 1 N–H and O–H groups in total. The molecule has 154 valence electrons. The normalized spacial score (nSPS) is 10.7.